The Kier molecular flexibility index (Phi) is 4.03. The van der Waals surface area contributed by atoms with Gasteiger partial charge in [-0.3, -0.25) is 0 Å². The summed E-state index contributed by atoms with van der Waals surface area (Å²) in [4.78, 5) is 2.31. The molecule has 0 unspecified atom stereocenters. The Bertz CT molecular complexity index is 374. The average Bonchev–Trinajstić information content (AvgIpc) is 2.29. The molecule has 0 spiro atoms. The second kappa shape index (κ2) is 5.37. The van der Waals surface area contributed by atoms with E-state index in [9.17, 15) is 9.50 Å². The third kappa shape index (κ3) is 3.79. The van der Waals surface area contributed by atoms with Crippen LogP contribution < -0.4 is 0 Å². The molecule has 0 radical (unpaired) electrons. The van der Waals surface area contributed by atoms with Gasteiger partial charge in [0.25, 0.3) is 0 Å². The highest BCUT2D eigenvalue weighted by molar-refractivity contribution is 5.21. The Morgan fingerprint density at radius 3 is 2.28 bits per heavy atom. The quantitative estimate of drug-likeness (QED) is 0.893. The first-order valence-electron chi connectivity index (χ1n) is 6.64. The number of rotatable bonds is 3. The zero-order valence-corrected chi connectivity index (χ0v) is 11.2. The van der Waals surface area contributed by atoms with Crippen LogP contribution in [0.3, 0.4) is 0 Å². The largest absolute Gasteiger partial charge is 0.389 e. The monoisotopic (exact) mass is 251 g/mol. The standard InChI is InChI=1S/C15H22FNO/c1-15(2,18)11-17-9-7-13(8-10-17)12-3-5-14(16)6-4-12/h3-6,13,18H,7-11H2,1-2H3. The smallest absolute Gasteiger partial charge is 0.123 e. The van der Waals surface area contributed by atoms with Crippen molar-refractivity contribution in [2.45, 2.75) is 38.2 Å². The zero-order chi connectivity index (χ0) is 13.2. The fraction of sp³-hybridized carbons (Fsp3) is 0.600. The second-order valence-corrected chi connectivity index (χ2v) is 5.91. The molecule has 0 amide bonds. The Morgan fingerprint density at radius 2 is 1.78 bits per heavy atom. The molecule has 0 aromatic heterocycles. The molecule has 0 bridgehead atoms. The molecular formula is C15H22FNO. The van der Waals surface area contributed by atoms with Crippen molar-refractivity contribution in [3.05, 3.63) is 35.6 Å². The fourth-order valence-corrected chi connectivity index (χ4v) is 2.71. The number of hydrogen-bond donors (Lipinski definition) is 1. The fourth-order valence-electron chi connectivity index (χ4n) is 2.71. The number of benzene rings is 1. The van der Waals surface area contributed by atoms with Crippen LogP contribution in [0.25, 0.3) is 0 Å². The molecule has 1 aliphatic rings. The van der Waals surface area contributed by atoms with Gasteiger partial charge in [-0.05, 0) is 63.4 Å². The van der Waals surface area contributed by atoms with Crippen molar-refractivity contribution in [1.82, 2.24) is 4.90 Å². The minimum absolute atomic E-state index is 0.168. The van der Waals surface area contributed by atoms with E-state index in [0.29, 0.717) is 5.92 Å². The van der Waals surface area contributed by atoms with E-state index in [2.05, 4.69) is 4.90 Å². The predicted octanol–water partition coefficient (Wildman–Crippen LogP) is 2.78. The van der Waals surface area contributed by atoms with Crippen LogP contribution >= 0.6 is 0 Å². The first-order chi connectivity index (χ1) is 8.44. The van der Waals surface area contributed by atoms with Gasteiger partial charge in [0.05, 0.1) is 5.60 Å². The van der Waals surface area contributed by atoms with E-state index in [1.165, 1.54) is 5.56 Å². The Balaban J connectivity index is 1.88. The number of likely N-dealkylation sites (tertiary alicyclic amines) is 1. The molecule has 1 heterocycles. The van der Waals surface area contributed by atoms with Crippen LogP contribution in [0, 0.1) is 5.82 Å². The van der Waals surface area contributed by atoms with Crippen molar-refractivity contribution >= 4 is 0 Å². The van der Waals surface area contributed by atoms with Gasteiger partial charge in [-0.2, -0.15) is 0 Å². The van der Waals surface area contributed by atoms with E-state index >= 15 is 0 Å². The maximum atomic E-state index is 12.9. The van der Waals surface area contributed by atoms with E-state index < -0.39 is 5.60 Å². The van der Waals surface area contributed by atoms with Crippen molar-refractivity contribution in [3.63, 3.8) is 0 Å². The van der Waals surface area contributed by atoms with Crippen LogP contribution in [0.2, 0.25) is 0 Å². The lowest BCUT2D eigenvalue weighted by Gasteiger charge is -2.35. The summed E-state index contributed by atoms with van der Waals surface area (Å²) in [6, 6.07) is 6.87. The predicted molar refractivity (Wildman–Crippen MR) is 71.1 cm³/mol. The lowest BCUT2D eigenvalue weighted by molar-refractivity contribution is 0.0282. The summed E-state index contributed by atoms with van der Waals surface area (Å²) in [6.45, 7) is 6.43. The number of β-amino-alcohol motifs (C(OH)–C–C–N with tert-alkyl or cyclic N) is 1. The summed E-state index contributed by atoms with van der Waals surface area (Å²) in [6.07, 6.45) is 2.17. The summed E-state index contributed by atoms with van der Waals surface area (Å²) in [5, 5.41) is 9.80. The van der Waals surface area contributed by atoms with E-state index in [1.807, 2.05) is 26.0 Å². The summed E-state index contributed by atoms with van der Waals surface area (Å²) < 4.78 is 12.9. The van der Waals surface area contributed by atoms with E-state index in [1.54, 1.807) is 12.1 Å². The van der Waals surface area contributed by atoms with Gasteiger partial charge in [0, 0.05) is 6.54 Å². The highest BCUT2D eigenvalue weighted by atomic mass is 19.1. The van der Waals surface area contributed by atoms with Crippen molar-refractivity contribution in [1.29, 1.82) is 0 Å². The van der Waals surface area contributed by atoms with Crippen molar-refractivity contribution in [3.8, 4) is 0 Å². The molecule has 3 heteroatoms. The van der Waals surface area contributed by atoms with Gasteiger partial charge in [-0.25, -0.2) is 4.39 Å². The molecule has 0 atom stereocenters. The summed E-state index contributed by atoms with van der Waals surface area (Å²) >= 11 is 0. The summed E-state index contributed by atoms with van der Waals surface area (Å²) in [5.41, 5.74) is 0.613. The molecular weight excluding hydrogens is 229 g/mol. The molecule has 1 aliphatic heterocycles. The number of piperidine rings is 1. The molecule has 1 N–H and O–H groups in total. The van der Waals surface area contributed by atoms with Gasteiger partial charge < -0.3 is 10.0 Å². The summed E-state index contributed by atoms with van der Waals surface area (Å²) in [7, 11) is 0. The Hall–Kier alpha value is -0.930. The topological polar surface area (TPSA) is 23.5 Å². The minimum Gasteiger partial charge on any atom is -0.389 e. The lowest BCUT2D eigenvalue weighted by atomic mass is 9.89. The maximum absolute atomic E-state index is 12.9. The molecule has 0 aliphatic carbocycles. The average molecular weight is 251 g/mol. The van der Waals surface area contributed by atoms with Crippen LogP contribution in [0.4, 0.5) is 4.39 Å². The molecule has 2 nitrogen and oxygen atoms in total. The van der Waals surface area contributed by atoms with Gasteiger partial charge in [0.2, 0.25) is 0 Å². The van der Waals surface area contributed by atoms with Gasteiger partial charge >= 0.3 is 0 Å². The van der Waals surface area contributed by atoms with Gasteiger partial charge in [-0.15, -0.1) is 0 Å². The first-order valence-corrected chi connectivity index (χ1v) is 6.64. The van der Waals surface area contributed by atoms with Crippen LogP contribution in [-0.2, 0) is 0 Å². The molecule has 0 saturated carbocycles. The number of halogens is 1. The van der Waals surface area contributed by atoms with Crippen LogP contribution in [0.5, 0.6) is 0 Å². The third-order valence-corrected chi connectivity index (χ3v) is 3.54. The van der Waals surface area contributed by atoms with Crippen LogP contribution in [0.1, 0.15) is 38.2 Å². The van der Waals surface area contributed by atoms with Crippen molar-refractivity contribution in [2.24, 2.45) is 0 Å². The number of nitrogens with zero attached hydrogens (tertiary/aromatic N) is 1. The molecule has 1 aromatic rings. The highest BCUT2D eigenvalue weighted by Gasteiger charge is 2.24. The second-order valence-electron chi connectivity index (χ2n) is 5.91. The molecule has 1 saturated heterocycles. The van der Waals surface area contributed by atoms with E-state index in [-0.39, 0.29) is 5.82 Å². The Morgan fingerprint density at radius 1 is 1.22 bits per heavy atom. The minimum atomic E-state index is -0.622. The lowest BCUT2D eigenvalue weighted by Crippen LogP contribution is -2.42. The Labute approximate surface area is 108 Å². The molecule has 18 heavy (non-hydrogen) atoms. The normalized spacial score (nSPS) is 19.1. The maximum Gasteiger partial charge on any atom is 0.123 e. The molecule has 100 valence electrons. The van der Waals surface area contributed by atoms with Gasteiger partial charge in [0.1, 0.15) is 5.82 Å². The van der Waals surface area contributed by atoms with Crippen molar-refractivity contribution < 1.29 is 9.50 Å². The third-order valence-electron chi connectivity index (χ3n) is 3.54. The summed E-state index contributed by atoms with van der Waals surface area (Å²) in [5.74, 6) is 0.363. The van der Waals surface area contributed by atoms with Gasteiger partial charge in [0.15, 0.2) is 0 Å². The number of hydrogen-bond acceptors (Lipinski definition) is 2. The SMILES string of the molecule is CC(C)(O)CN1CCC(c2ccc(F)cc2)CC1. The van der Waals surface area contributed by atoms with E-state index in [0.717, 1.165) is 32.5 Å². The zero-order valence-electron chi connectivity index (χ0n) is 11.2. The van der Waals surface area contributed by atoms with Crippen molar-refractivity contribution in [2.75, 3.05) is 19.6 Å². The number of aliphatic hydroxyl groups is 1. The molecule has 2 rings (SSSR count). The first kappa shape index (κ1) is 13.5. The molecule has 1 fully saturated rings. The van der Waals surface area contributed by atoms with Crippen LogP contribution in [0.15, 0.2) is 24.3 Å². The highest BCUT2D eigenvalue weighted by Crippen LogP contribution is 2.28. The van der Waals surface area contributed by atoms with Crippen LogP contribution in [-0.4, -0.2) is 35.2 Å². The van der Waals surface area contributed by atoms with E-state index in [4.69, 9.17) is 0 Å². The molecule has 1 aromatic carbocycles. The van der Waals surface area contributed by atoms with Gasteiger partial charge in [-0.1, -0.05) is 12.1 Å².